The molecule has 0 aromatic heterocycles. The molecule has 3 rings (SSSR count). The number of benzene rings is 1. The molecule has 104 valence electrons. The maximum atomic E-state index is 6.75. The first kappa shape index (κ1) is 13.0. The molecule has 0 saturated heterocycles. The van der Waals surface area contributed by atoms with E-state index >= 15 is 0 Å². The average Bonchev–Trinajstić information content (AvgIpc) is 2.78. The summed E-state index contributed by atoms with van der Waals surface area (Å²) in [4.78, 5) is 0. The monoisotopic (exact) mass is 259 g/mol. The SMILES string of the molecule is CC1(C)CCCC(N)(c2ccc3c(c2)CCO3)CC1. The summed E-state index contributed by atoms with van der Waals surface area (Å²) in [6.07, 6.45) is 6.98. The van der Waals surface area contributed by atoms with Gasteiger partial charge in [-0.05, 0) is 48.3 Å². The van der Waals surface area contributed by atoms with Gasteiger partial charge < -0.3 is 10.5 Å². The molecule has 1 aliphatic carbocycles. The molecule has 0 amide bonds. The number of nitrogens with two attached hydrogens (primary N) is 1. The van der Waals surface area contributed by atoms with Gasteiger partial charge in [0, 0.05) is 12.0 Å². The van der Waals surface area contributed by atoms with E-state index in [2.05, 4.69) is 32.0 Å². The lowest BCUT2D eigenvalue weighted by atomic mass is 9.80. The van der Waals surface area contributed by atoms with Crippen molar-refractivity contribution in [3.63, 3.8) is 0 Å². The van der Waals surface area contributed by atoms with E-state index in [-0.39, 0.29) is 5.54 Å². The molecule has 1 unspecified atom stereocenters. The van der Waals surface area contributed by atoms with Crippen LogP contribution in [-0.2, 0) is 12.0 Å². The molecule has 1 fully saturated rings. The molecule has 2 aliphatic rings. The van der Waals surface area contributed by atoms with Gasteiger partial charge in [-0.15, -0.1) is 0 Å². The second kappa shape index (κ2) is 4.52. The van der Waals surface area contributed by atoms with Crippen LogP contribution < -0.4 is 10.5 Å². The summed E-state index contributed by atoms with van der Waals surface area (Å²) in [7, 11) is 0. The molecule has 1 aromatic rings. The summed E-state index contributed by atoms with van der Waals surface area (Å²) in [6.45, 7) is 5.56. The highest BCUT2D eigenvalue weighted by molar-refractivity contribution is 5.42. The highest BCUT2D eigenvalue weighted by atomic mass is 16.5. The molecule has 0 radical (unpaired) electrons. The lowest BCUT2D eigenvalue weighted by molar-refractivity contribution is 0.299. The van der Waals surface area contributed by atoms with Crippen molar-refractivity contribution in [2.24, 2.45) is 11.1 Å². The third kappa shape index (κ3) is 2.51. The topological polar surface area (TPSA) is 35.2 Å². The molecule has 2 nitrogen and oxygen atoms in total. The van der Waals surface area contributed by atoms with Gasteiger partial charge in [0.1, 0.15) is 5.75 Å². The van der Waals surface area contributed by atoms with Gasteiger partial charge in [-0.25, -0.2) is 0 Å². The van der Waals surface area contributed by atoms with E-state index in [0.717, 1.165) is 31.6 Å². The Hall–Kier alpha value is -1.02. The highest BCUT2D eigenvalue weighted by Gasteiger charge is 2.34. The largest absolute Gasteiger partial charge is 0.493 e. The summed E-state index contributed by atoms with van der Waals surface area (Å²) < 4.78 is 5.59. The number of hydrogen-bond acceptors (Lipinski definition) is 2. The lowest BCUT2D eigenvalue weighted by Gasteiger charge is -2.30. The summed E-state index contributed by atoms with van der Waals surface area (Å²) >= 11 is 0. The Morgan fingerprint density at radius 3 is 2.79 bits per heavy atom. The second-order valence-electron chi connectivity index (χ2n) is 7.09. The van der Waals surface area contributed by atoms with E-state index in [9.17, 15) is 0 Å². The summed E-state index contributed by atoms with van der Waals surface area (Å²) in [5.41, 5.74) is 9.72. The van der Waals surface area contributed by atoms with Crippen molar-refractivity contribution in [2.45, 2.75) is 57.9 Å². The third-order valence-electron chi connectivity index (χ3n) is 4.99. The van der Waals surface area contributed by atoms with Crippen molar-refractivity contribution < 1.29 is 4.74 Å². The van der Waals surface area contributed by atoms with Gasteiger partial charge in [-0.2, -0.15) is 0 Å². The van der Waals surface area contributed by atoms with Crippen molar-refractivity contribution in [1.82, 2.24) is 0 Å². The van der Waals surface area contributed by atoms with Gasteiger partial charge >= 0.3 is 0 Å². The van der Waals surface area contributed by atoms with Crippen LogP contribution >= 0.6 is 0 Å². The zero-order valence-electron chi connectivity index (χ0n) is 12.2. The quantitative estimate of drug-likeness (QED) is 0.779. The van der Waals surface area contributed by atoms with Crippen LogP contribution in [0.1, 0.15) is 57.1 Å². The first-order valence-corrected chi connectivity index (χ1v) is 7.54. The zero-order valence-corrected chi connectivity index (χ0v) is 12.2. The molecule has 0 bridgehead atoms. The van der Waals surface area contributed by atoms with E-state index in [1.165, 1.54) is 30.4 Å². The third-order valence-corrected chi connectivity index (χ3v) is 4.99. The number of ether oxygens (including phenoxy) is 1. The molecule has 0 spiro atoms. The fourth-order valence-electron chi connectivity index (χ4n) is 3.48. The Morgan fingerprint density at radius 2 is 1.95 bits per heavy atom. The van der Waals surface area contributed by atoms with Crippen LogP contribution in [0.5, 0.6) is 5.75 Å². The van der Waals surface area contributed by atoms with E-state index in [1.807, 2.05) is 0 Å². The average molecular weight is 259 g/mol. The van der Waals surface area contributed by atoms with Crippen LogP contribution in [-0.4, -0.2) is 6.61 Å². The Labute approximate surface area is 116 Å². The van der Waals surface area contributed by atoms with Crippen LogP contribution in [0.2, 0.25) is 0 Å². The van der Waals surface area contributed by atoms with E-state index < -0.39 is 0 Å². The van der Waals surface area contributed by atoms with E-state index in [0.29, 0.717) is 5.41 Å². The first-order chi connectivity index (χ1) is 8.99. The van der Waals surface area contributed by atoms with Crippen molar-refractivity contribution in [3.8, 4) is 5.75 Å². The standard InChI is InChI=1S/C17H25NO/c1-16(2)7-3-8-17(18,10-9-16)14-4-5-15-13(12-14)6-11-19-15/h4-5,12H,3,6-11,18H2,1-2H3. The number of fused-ring (bicyclic) bond motifs is 1. The van der Waals surface area contributed by atoms with Crippen LogP contribution in [0.25, 0.3) is 0 Å². The van der Waals surface area contributed by atoms with Crippen LogP contribution in [0, 0.1) is 5.41 Å². The first-order valence-electron chi connectivity index (χ1n) is 7.54. The Balaban J connectivity index is 1.87. The minimum Gasteiger partial charge on any atom is -0.493 e. The second-order valence-corrected chi connectivity index (χ2v) is 7.09. The van der Waals surface area contributed by atoms with Crippen LogP contribution in [0.15, 0.2) is 18.2 Å². The van der Waals surface area contributed by atoms with Gasteiger partial charge in [0.25, 0.3) is 0 Å². The van der Waals surface area contributed by atoms with Gasteiger partial charge in [0.15, 0.2) is 0 Å². The summed E-state index contributed by atoms with van der Waals surface area (Å²) in [5.74, 6) is 1.06. The Morgan fingerprint density at radius 1 is 1.11 bits per heavy atom. The fourth-order valence-corrected chi connectivity index (χ4v) is 3.48. The van der Waals surface area contributed by atoms with Crippen LogP contribution in [0.4, 0.5) is 0 Å². The number of rotatable bonds is 1. The van der Waals surface area contributed by atoms with Crippen LogP contribution in [0.3, 0.4) is 0 Å². The van der Waals surface area contributed by atoms with Gasteiger partial charge in [-0.3, -0.25) is 0 Å². The maximum absolute atomic E-state index is 6.75. The van der Waals surface area contributed by atoms with Gasteiger partial charge in [0.05, 0.1) is 6.61 Å². The molecule has 2 heteroatoms. The predicted molar refractivity (Wildman–Crippen MR) is 78.4 cm³/mol. The minimum atomic E-state index is -0.134. The van der Waals surface area contributed by atoms with E-state index in [1.54, 1.807) is 0 Å². The van der Waals surface area contributed by atoms with Crippen molar-refractivity contribution in [3.05, 3.63) is 29.3 Å². The highest BCUT2D eigenvalue weighted by Crippen LogP contribution is 2.42. The normalized spacial score (nSPS) is 29.4. The van der Waals surface area contributed by atoms with Gasteiger partial charge in [-0.1, -0.05) is 32.4 Å². The van der Waals surface area contributed by atoms with E-state index in [4.69, 9.17) is 10.5 Å². The lowest BCUT2D eigenvalue weighted by Crippen LogP contribution is -2.36. The molecule has 1 aliphatic heterocycles. The van der Waals surface area contributed by atoms with Crippen molar-refractivity contribution >= 4 is 0 Å². The predicted octanol–water partition coefficient (Wildman–Crippen LogP) is 3.77. The maximum Gasteiger partial charge on any atom is 0.122 e. The molecule has 1 atom stereocenters. The van der Waals surface area contributed by atoms with Gasteiger partial charge in [0.2, 0.25) is 0 Å². The molecule has 1 saturated carbocycles. The Bertz CT molecular complexity index is 480. The molecule has 2 N–H and O–H groups in total. The molecular weight excluding hydrogens is 234 g/mol. The minimum absolute atomic E-state index is 0.134. The molecule has 1 heterocycles. The molecule has 1 aromatic carbocycles. The smallest absolute Gasteiger partial charge is 0.122 e. The zero-order chi connectivity index (χ0) is 13.5. The summed E-state index contributed by atoms with van der Waals surface area (Å²) in [5, 5.41) is 0. The molecular formula is C17H25NO. The number of hydrogen-bond donors (Lipinski definition) is 1. The summed E-state index contributed by atoms with van der Waals surface area (Å²) in [6, 6.07) is 6.59. The van der Waals surface area contributed by atoms with Crippen molar-refractivity contribution in [2.75, 3.05) is 6.61 Å². The fraction of sp³-hybridized carbons (Fsp3) is 0.647. The molecule has 19 heavy (non-hydrogen) atoms. The van der Waals surface area contributed by atoms with Crippen molar-refractivity contribution in [1.29, 1.82) is 0 Å². The Kier molecular flexibility index (Phi) is 3.09.